The van der Waals surface area contributed by atoms with Gasteiger partial charge in [0.25, 0.3) is 0 Å². The van der Waals surface area contributed by atoms with E-state index >= 15 is 0 Å². The monoisotopic (exact) mass is 296 g/mol. The minimum atomic E-state index is -0.0120. The van der Waals surface area contributed by atoms with Crippen molar-refractivity contribution in [2.75, 3.05) is 11.1 Å². The Hall–Kier alpha value is -2.25. The van der Waals surface area contributed by atoms with E-state index < -0.39 is 0 Å². The van der Waals surface area contributed by atoms with E-state index in [0.29, 0.717) is 11.3 Å². The second kappa shape index (κ2) is 7.51. The van der Waals surface area contributed by atoms with Crippen molar-refractivity contribution in [2.24, 2.45) is 0 Å². The standard InChI is InChI=1S/C17H16N2OS/c1-13-4-2-7-16(8-13)19-17(20)12-21-11-15-6-3-5-14(9-15)10-18/h2-9H,11-12H2,1H3,(H,19,20). The zero-order chi connectivity index (χ0) is 15.1. The summed E-state index contributed by atoms with van der Waals surface area (Å²) in [5.41, 5.74) is 3.65. The SMILES string of the molecule is Cc1cccc(NC(=O)CSCc2cccc(C#N)c2)c1. The van der Waals surface area contributed by atoms with Crippen LogP contribution in [0, 0.1) is 18.3 Å². The van der Waals surface area contributed by atoms with Crippen molar-refractivity contribution in [3.63, 3.8) is 0 Å². The highest BCUT2D eigenvalue weighted by atomic mass is 32.2. The minimum Gasteiger partial charge on any atom is -0.325 e. The molecule has 0 spiro atoms. The Morgan fingerprint density at radius 1 is 1.24 bits per heavy atom. The second-order valence-electron chi connectivity index (χ2n) is 4.72. The lowest BCUT2D eigenvalue weighted by molar-refractivity contribution is -0.113. The van der Waals surface area contributed by atoms with Crippen LogP contribution in [0.3, 0.4) is 0 Å². The molecule has 0 aliphatic heterocycles. The van der Waals surface area contributed by atoms with Crippen LogP contribution < -0.4 is 5.32 Å². The van der Waals surface area contributed by atoms with Gasteiger partial charge in [0, 0.05) is 11.4 Å². The van der Waals surface area contributed by atoms with Crippen LogP contribution in [0.1, 0.15) is 16.7 Å². The molecule has 0 saturated carbocycles. The fraction of sp³-hybridized carbons (Fsp3) is 0.176. The van der Waals surface area contributed by atoms with Gasteiger partial charge in [-0.25, -0.2) is 0 Å². The maximum Gasteiger partial charge on any atom is 0.234 e. The number of hydrogen-bond acceptors (Lipinski definition) is 3. The Kier molecular flexibility index (Phi) is 5.42. The summed E-state index contributed by atoms with van der Waals surface area (Å²) in [4.78, 5) is 11.9. The molecule has 2 aromatic rings. The quantitative estimate of drug-likeness (QED) is 0.914. The van der Waals surface area contributed by atoms with Crippen LogP contribution >= 0.6 is 11.8 Å². The highest BCUT2D eigenvalue weighted by Crippen LogP contribution is 2.15. The highest BCUT2D eigenvalue weighted by molar-refractivity contribution is 7.99. The molecule has 0 heterocycles. The van der Waals surface area contributed by atoms with E-state index in [0.717, 1.165) is 22.6 Å². The van der Waals surface area contributed by atoms with Gasteiger partial charge in [-0.05, 0) is 42.3 Å². The Morgan fingerprint density at radius 3 is 2.81 bits per heavy atom. The Balaban J connectivity index is 1.80. The molecule has 0 aliphatic rings. The number of thioether (sulfide) groups is 1. The molecule has 21 heavy (non-hydrogen) atoms. The normalized spacial score (nSPS) is 9.90. The van der Waals surface area contributed by atoms with Gasteiger partial charge in [0.1, 0.15) is 0 Å². The van der Waals surface area contributed by atoms with Crippen molar-refractivity contribution >= 4 is 23.4 Å². The molecule has 4 heteroatoms. The van der Waals surface area contributed by atoms with Crippen molar-refractivity contribution in [3.8, 4) is 6.07 Å². The summed E-state index contributed by atoms with van der Waals surface area (Å²) in [6, 6.07) is 17.3. The maximum absolute atomic E-state index is 11.9. The lowest BCUT2D eigenvalue weighted by atomic mass is 10.2. The van der Waals surface area contributed by atoms with Crippen LogP contribution in [0.5, 0.6) is 0 Å². The van der Waals surface area contributed by atoms with E-state index in [1.807, 2.05) is 49.4 Å². The first-order chi connectivity index (χ1) is 10.2. The van der Waals surface area contributed by atoms with Crippen LogP contribution in [0.25, 0.3) is 0 Å². The van der Waals surface area contributed by atoms with E-state index in [-0.39, 0.29) is 5.91 Å². The largest absolute Gasteiger partial charge is 0.325 e. The van der Waals surface area contributed by atoms with E-state index in [1.165, 1.54) is 11.8 Å². The van der Waals surface area contributed by atoms with Crippen LogP contribution in [-0.4, -0.2) is 11.7 Å². The highest BCUT2D eigenvalue weighted by Gasteiger charge is 2.03. The number of carbonyl (C=O) groups is 1. The van der Waals surface area contributed by atoms with Gasteiger partial charge in [0.05, 0.1) is 17.4 Å². The van der Waals surface area contributed by atoms with Gasteiger partial charge < -0.3 is 5.32 Å². The van der Waals surface area contributed by atoms with Gasteiger partial charge in [0.15, 0.2) is 0 Å². The molecule has 1 N–H and O–H groups in total. The molecular weight excluding hydrogens is 280 g/mol. The molecular formula is C17H16N2OS. The van der Waals surface area contributed by atoms with Crippen molar-refractivity contribution in [3.05, 3.63) is 65.2 Å². The fourth-order valence-corrected chi connectivity index (χ4v) is 2.69. The third kappa shape index (κ3) is 4.97. The van der Waals surface area contributed by atoms with Crippen LogP contribution in [0.15, 0.2) is 48.5 Å². The number of hydrogen-bond donors (Lipinski definition) is 1. The summed E-state index contributed by atoms with van der Waals surface area (Å²) in [5.74, 6) is 1.10. The lowest BCUT2D eigenvalue weighted by Crippen LogP contribution is -2.14. The zero-order valence-electron chi connectivity index (χ0n) is 11.8. The summed E-state index contributed by atoms with van der Waals surface area (Å²) < 4.78 is 0. The molecule has 2 rings (SSSR count). The van der Waals surface area contributed by atoms with E-state index in [2.05, 4.69) is 11.4 Å². The molecule has 3 nitrogen and oxygen atoms in total. The van der Waals surface area contributed by atoms with Crippen molar-refractivity contribution in [1.82, 2.24) is 0 Å². The first-order valence-electron chi connectivity index (χ1n) is 6.60. The number of nitrogens with zero attached hydrogens (tertiary/aromatic N) is 1. The minimum absolute atomic E-state index is 0.0120. The average Bonchev–Trinajstić information content (AvgIpc) is 2.47. The molecule has 2 aromatic carbocycles. The van der Waals surface area contributed by atoms with Crippen LogP contribution in [-0.2, 0) is 10.5 Å². The molecule has 0 aromatic heterocycles. The molecule has 0 bridgehead atoms. The molecule has 106 valence electrons. The predicted molar refractivity (Wildman–Crippen MR) is 87.1 cm³/mol. The van der Waals surface area contributed by atoms with Gasteiger partial charge in [-0.2, -0.15) is 5.26 Å². The molecule has 0 fully saturated rings. The summed E-state index contributed by atoms with van der Waals surface area (Å²) in [5, 5.41) is 11.7. The Labute approximate surface area is 129 Å². The van der Waals surface area contributed by atoms with E-state index in [4.69, 9.17) is 5.26 Å². The Bertz CT molecular complexity index is 676. The maximum atomic E-state index is 11.9. The number of nitriles is 1. The number of anilines is 1. The number of benzene rings is 2. The number of carbonyl (C=O) groups excluding carboxylic acids is 1. The fourth-order valence-electron chi connectivity index (χ4n) is 1.91. The summed E-state index contributed by atoms with van der Waals surface area (Å²) >= 11 is 1.54. The molecule has 0 atom stereocenters. The average molecular weight is 296 g/mol. The number of nitrogens with one attached hydrogen (secondary N) is 1. The van der Waals surface area contributed by atoms with Crippen LogP contribution in [0.2, 0.25) is 0 Å². The Morgan fingerprint density at radius 2 is 2.05 bits per heavy atom. The van der Waals surface area contributed by atoms with Gasteiger partial charge in [-0.3, -0.25) is 4.79 Å². The third-order valence-corrected chi connectivity index (χ3v) is 3.86. The smallest absolute Gasteiger partial charge is 0.234 e. The van der Waals surface area contributed by atoms with Crippen molar-refractivity contribution < 1.29 is 4.79 Å². The number of rotatable bonds is 5. The zero-order valence-corrected chi connectivity index (χ0v) is 12.6. The van der Waals surface area contributed by atoms with Gasteiger partial charge >= 0.3 is 0 Å². The third-order valence-electron chi connectivity index (χ3n) is 2.86. The first-order valence-corrected chi connectivity index (χ1v) is 7.76. The van der Waals surface area contributed by atoms with Gasteiger partial charge in [-0.1, -0.05) is 24.3 Å². The van der Waals surface area contributed by atoms with Gasteiger partial charge in [0.2, 0.25) is 5.91 Å². The molecule has 0 saturated heterocycles. The lowest BCUT2D eigenvalue weighted by Gasteiger charge is -2.06. The summed E-state index contributed by atoms with van der Waals surface area (Å²) in [6.45, 7) is 1.99. The van der Waals surface area contributed by atoms with Crippen LogP contribution in [0.4, 0.5) is 5.69 Å². The summed E-state index contributed by atoms with van der Waals surface area (Å²) in [7, 11) is 0. The first kappa shape index (κ1) is 15.1. The molecule has 1 amide bonds. The molecule has 0 aliphatic carbocycles. The number of amides is 1. The number of aryl methyl sites for hydroxylation is 1. The second-order valence-corrected chi connectivity index (χ2v) is 5.71. The predicted octanol–water partition coefficient (Wildman–Crippen LogP) is 3.74. The topological polar surface area (TPSA) is 52.9 Å². The molecule has 0 radical (unpaired) electrons. The van der Waals surface area contributed by atoms with Crippen molar-refractivity contribution in [2.45, 2.75) is 12.7 Å². The molecule has 0 unspecified atom stereocenters. The van der Waals surface area contributed by atoms with Crippen molar-refractivity contribution in [1.29, 1.82) is 5.26 Å². The van der Waals surface area contributed by atoms with Gasteiger partial charge in [-0.15, -0.1) is 11.8 Å². The van der Waals surface area contributed by atoms with E-state index in [1.54, 1.807) is 6.07 Å². The van der Waals surface area contributed by atoms with E-state index in [9.17, 15) is 4.79 Å². The summed E-state index contributed by atoms with van der Waals surface area (Å²) in [6.07, 6.45) is 0.